The Morgan fingerprint density at radius 1 is 1.24 bits per heavy atom. The van der Waals surface area contributed by atoms with E-state index < -0.39 is 5.91 Å². The van der Waals surface area contributed by atoms with Crippen LogP contribution in [-0.2, 0) is 6.54 Å². The van der Waals surface area contributed by atoms with Crippen LogP contribution in [0.5, 0.6) is 0 Å². The van der Waals surface area contributed by atoms with E-state index in [0.717, 1.165) is 11.1 Å². The second kappa shape index (κ2) is 6.57. The van der Waals surface area contributed by atoms with Crippen molar-refractivity contribution in [3.05, 3.63) is 81.4 Å². The minimum absolute atomic E-state index is 0.0271. The van der Waals surface area contributed by atoms with Gasteiger partial charge >= 0.3 is 0 Å². The maximum absolute atomic E-state index is 12.6. The van der Waals surface area contributed by atoms with Gasteiger partial charge in [0.05, 0.1) is 11.6 Å². The number of rotatable bonds is 3. The molecule has 0 atom stereocenters. The average molecular weight is 332 g/mol. The number of hydrogen-bond acceptors (Lipinski definition) is 4. The lowest BCUT2D eigenvalue weighted by atomic mass is 10.1. The second-order valence-electron chi connectivity index (χ2n) is 5.88. The largest absolute Gasteiger partial charge is 0.337 e. The summed E-state index contributed by atoms with van der Waals surface area (Å²) in [6, 6.07) is 12.6. The second-order valence-corrected chi connectivity index (χ2v) is 5.88. The predicted octanol–water partition coefficient (Wildman–Crippen LogP) is 2.15. The molecule has 0 saturated heterocycles. The van der Waals surface area contributed by atoms with E-state index in [0.29, 0.717) is 17.8 Å². The maximum atomic E-state index is 12.6. The third-order valence-corrected chi connectivity index (χ3v) is 3.93. The van der Waals surface area contributed by atoms with Gasteiger partial charge in [-0.1, -0.05) is 18.2 Å². The zero-order valence-electron chi connectivity index (χ0n) is 13.9. The molecule has 2 aromatic heterocycles. The van der Waals surface area contributed by atoms with E-state index in [1.165, 1.54) is 15.5 Å². The van der Waals surface area contributed by atoms with Crippen LogP contribution in [0.2, 0.25) is 0 Å². The Labute approximate surface area is 144 Å². The van der Waals surface area contributed by atoms with E-state index in [1.807, 2.05) is 13.0 Å². The minimum Gasteiger partial charge on any atom is -0.337 e. The Hall–Kier alpha value is -3.46. The van der Waals surface area contributed by atoms with Crippen molar-refractivity contribution < 1.29 is 4.79 Å². The smallest absolute Gasteiger partial charge is 0.270 e. The lowest BCUT2D eigenvalue weighted by Gasteiger charge is -2.17. The molecule has 0 N–H and O–H groups in total. The summed E-state index contributed by atoms with van der Waals surface area (Å²) in [5.74, 6) is -0.391. The van der Waals surface area contributed by atoms with Gasteiger partial charge in [-0.05, 0) is 36.2 Å². The Bertz CT molecular complexity index is 1050. The number of carbonyl (C=O) groups is 1. The Kier molecular flexibility index (Phi) is 4.31. The Morgan fingerprint density at radius 2 is 1.96 bits per heavy atom. The van der Waals surface area contributed by atoms with Crippen molar-refractivity contribution in [1.82, 2.24) is 14.3 Å². The van der Waals surface area contributed by atoms with Crippen molar-refractivity contribution in [2.45, 2.75) is 13.5 Å². The molecule has 0 aliphatic carbocycles. The Balaban J connectivity index is 1.89. The van der Waals surface area contributed by atoms with Gasteiger partial charge in [0.1, 0.15) is 11.2 Å². The standard InChI is InChI=1S/C19H16N4O2/c1-13-3-8-17-21-10-16(19(25)23(17)11-13)18(24)22(2)12-15-6-4-14(9-20)5-7-15/h3-8,10-11H,12H2,1-2H3. The van der Waals surface area contributed by atoms with Gasteiger partial charge in [0.25, 0.3) is 11.5 Å². The number of aromatic nitrogens is 2. The van der Waals surface area contributed by atoms with Gasteiger partial charge in [-0.25, -0.2) is 4.98 Å². The highest BCUT2D eigenvalue weighted by Crippen LogP contribution is 2.09. The van der Waals surface area contributed by atoms with Crippen molar-refractivity contribution >= 4 is 11.6 Å². The van der Waals surface area contributed by atoms with Gasteiger partial charge in [0.15, 0.2) is 0 Å². The van der Waals surface area contributed by atoms with E-state index >= 15 is 0 Å². The molecule has 0 bridgehead atoms. The monoisotopic (exact) mass is 332 g/mol. The van der Waals surface area contributed by atoms with Crippen molar-refractivity contribution in [2.75, 3.05) is 7.05 Å². The number of pyridine rings is 1. The summed E-state index contributed by atoms with van der Waals surface area (Å²) in [6.07, 6.45) is 2.99. The molecule has 1 amide bonds. The normalized spacial score (nSPS) is 10.4. The summed E-state index contributed by atoms with van der Waals surface area (Å²) in [5, 5.41) is 8.83. The number of amides is 1. The number of nitriles is 1. The summed E-state index contributed by atoms with van der Waals surface area (Å²) < 4.78 is 1.39. The first-order chi connectivity index (χ1) is 12.0. The van der Waals surface area contributed by atoms with Crippen LogP contribution in [0.15, 0.2) is 53.6 Å². The molecule has 6 nitrogen and oxygen atoms in total. The molecular weight excluding hydrogens is 316 g/mol. The fourth-order valence-corrected chi connectivity index (χ4v) is 2.57. The molecule has 0 radical (unpaired) electrons. The third-order valence-electron chi connectivity index (χ3n) is 3.93. The van der Waals surface area contributed by atoms with E-state index in [9.17, 15) is 9.59 Å². The molecule has 2 heterocycles. The summed E-state index contributed by atoms with van der Waals surface area (Å²) in [4.78, 5) is 30.9. The number of nitrogens with zero attached hydrogens (tertiary/aromatic N) is 4. The van der Waals surface area contributed by atoms with Crippen LogP contribution >= 0.6 is 0 Å². The molecule has 0 unspecified atom stereocenters. The molecule has 124 valence electrons. The molecule has 0 fully saturated rings. The van der Waals surface area contributed by atoms with Crippen molar-refractivity contribution in [3.63, 3.8) is 0 Å². The van der Waals surface area contributed by atoms with Gasteiger partial charge < -0.3 is 4.90 Å². The average Bonchev–Trinajstić information content (AvgIpc) is 2.62. The molecule has 0 spiro atoms. The van der Waals surface area contributed by atoms with Crippen LogP contribution in [0.4, 0.5) is 0 Å². The molecule has 1 aromatic carbocycles. The zero-order chi connectivity index (χ0) is 18.0. The van der Waals surface area contributed by atoms with Crippen LogP contribution in [-0.4, -0.2) is 27.2 Å². The van der Waals surface area contributed by atoms with Crippen LogP contribution in [0.25, 0.3) is 5.65 Å². The maximum Gasteiger partial charge on any atom is 0.270 e. The molecule has 0 saturated carbocycles. The third kappa shape index (κ3) is 3.26. The van der Waals surface area contributed by atoms with E-state index in [2.05, 4.69) is 11.1 Å². The zero-order valence-corrected chi connectivity index (χ0v) is 13.9. The summed E-state index contributed by atoms with van der Waals surface area (Å²) in [6.45, 7) is 2.21. The summed E-state index contributed by atoms with van der Waals surface area (Å²) in [7, 11) is 1.63. The first-order valence-corrected chi connectivity index (χ1v) is 7.72. The lowest BCUT2D eigenvalue weighted by molar-refractivity contribution is 0.0782. The first kappa shape index (κ1) is 16.4. The number of carbonyl (C=O) groups excluding carboxylic acids is 1. The fourth-order valence-electron chi connectivity index (χ4n) is 2.57. The van der Waals surface area contributed by atoms with Crippen LogP contribution in [0, 0.1) is 18.3 Å². The highest BCUT2D eigenvalue weighted by molar-refractivity contribution is 5.93. The number of hydrogen-bond donors (Lipinski definition) is 0. The number of aryl methyl sites for hydroxylation is 1. The molecule has 6 heteroatoms. The van der Waals surface area contributed by atoms with E-state index in [4.69, 9.17) is 5.26 Å². The highest BCUT2D eigenvalue weighted by atomic mass is 16.2. The Morgan fingerprint density at radius 3 is 2.64 bits per heavy atom. The number of benzene rings is 1. The van der Waals surface area contributed by atoms with Crippen LogP contribution in [0.1, 0.15) is 27.0 Å². The van der Waals surface area contributed by atoms with Crippen molar-refractivity contribution in [2.24, 2.45) is 0 Å². The van der Waals surface area contributed by atoms with Gasteiger partial charge in [-0.15, -0.1) is 0 Å². The SMILES string of the molecule is Cc1ccc2ncc(C(=O)N(C)Cc3ccc(C#N)cc3)c(=O)n2c1. The van der Waals surface area contributed by atoms with Gasteiger partial charge in [-0.3, -0.25) is 14.0 Å². The molecule has 3 rings (SSSR count). The van der Waals surface area contributed by atoms with Crippen molar-refractivity contribution in [3.8, 4) is 6.07 Å². The molecule has 25 heavy (non-hydrogen) atoms. The predicted molar refractivity (Wildman–Crippen MR) is 93.2 cm³/mol. The molecule has 3 aromatic rings. The number of fused-ring (bicyclic) bond motifs is 1. The van der Waals surface area contributed by atoms with Crippen LogP contribution < -0.4 is 5.56 Å². The summed E-state index contributed by atoms with van der Waals surface area (Å²) in [5.41, 5.74) is 2.49. The van der Waals surface area contributed by atoms with Crippen LogP contribution in [0.3, 0.4) is 0 Å². The van der Waals surface area contributed by atoms with Crippen molar-refractivity contribution in [1.29, 1.82) is 5.26 Å². The fraction of sp³-hybridized carbons (Fsp3) is 0.158. The molecule has 0 aliphatic heterocycles. The first-order valence-electron chi connectivity index (χ1n) is 7.72. The van der Waals surface area contributed by atoms with Gasteiger partial charge in [-0.2, -0.15) is 5.26 Å². The molecule has 0 aliphatic rings. The highest BCUT2D eigenvalue weighted by Gasteiger charge is 2.17. The van der Waals surface area contributed by atoms with E-state index in [1.54, 1.807) is 43.6 Å². The van der Waals surface area contributed by atoms with E-state index in [-0.39, 0.29) is 11.1 Å². The lowest BCUT2D eigenvalue weighted by Crippen LogP contribution is -2.33. The quantitative estimate of drug-likeness (QED) is 0.736. The van der Waals surface area contributed by atoms with Gasteiger partial charge in [0, 0.05) is 26.0 Å². The summed E-state index contributed by atoms with van der Waals surface area (Å²) >= 11 is 0. The minimum atomic E-state index is -0.391. The van der Waals surface area contributed by atoms with Gasteiger partial charge in [0.2, 0.25) is 0 Å². The molecular formula is C19H16N4O2. The topological polar surface area (TPSA) is 78.5 Å².